The summed E-state index contributed by atoms with van der Waals surface area (Å²) in [5.41, 5.74) is 0.180. The molecule has 2 aromatic rings. The number of rotatable bonds is 8. The van der Waals surface area contributed by atoms with Crippen LogP contribution in [0, 0.1) is 5.82 Å². The lowest BCUT2D eigenvalue weighted by Crippen LogP contribution is -2.32. The van der Waals surface area contributed by atoms with Gasteiger partial charge in [0.25, 0.3) is 11.7 Å². The third-order valence-corrected chi connectivity index (χ3v) is 5.41. The van der Waals surface area contributed by atoms with Gasteiger partial charge < -0.3 is 24.4 Å². The monoisotopic (exact) mass is 442 g/mol. The third-order valence-electron chi connectivity index (χ3n) is 5.41. The Kier molecular flexibility index (Phi) is 7.15. The third kappa shape index (κ3) is 4.45. The predicted molar refractivity (Wildman–Crippen MR) is 118 cm³/mol. The van der Waals surface area contributed by atoms with Crippen molar-refractivity contribution in [2.24, 2.45) is 0 Å². The molecule has 0 spiro atoms. The second-order valence-electron chi connectivity index (χ2n) is 7.74. The molecular weight excluding hydrogens is 415 g/mol. The normalized spacial score (nSPS) is 17.8. The van der Waals surface area contributed by atoms with Crippen LogP contribution in [0.15, 0.2) is 48.0 Å². The fourth-order valence-electron chi connectivity index (χ4n) is 3.83. The minimum atomic E-state index is -1.05. The van der Waals surface area contributed by atoms with Crippen molar-refractivity contribution in [3.63, 3.8) is 0 Å². The number of ketones is 1. The van der Waals surface area contributed by atoms with Crippen molar-refractivity contribution in [3.05, 3.63) is 65.0 Å². The number of halogens is 1. The summed E-state index contributed by atoms with van der Waals surface area (Å²) < 4.78 is 25.3. The maximum absolute atomic E-state index is 14.8. The summed E-state index contributed by atoms with van der Waals surface area (Å²) in [6.45, 7) is 0.914. The molecule has 32 heavy (non-hydrogen) atoms. The number of hydrogen-bond donors (Lipinski definition) is 1. The number of nitrogens with zero attached hydrogens (tertiary/aromatic N) is 2. The van der Waals surface area contributed by atoms with Gasteiger partial charge >= 0.3 is 0 Å². The smallest absolute Gasteiger partial charge is 0.295 e. The first-order chi connectivity index (χ1) is 15.3. The van der Waals surface area contributed by atoms with Crippen molar-refractivity contribution in [2.75, 3.05) is 41.4 Å². The SMILES string of the molecule is COc1ccc(/C(O)=C2\C(=O)C(=O)N(CCCN(C)C)C2c2ccccc2F)c(OC)c1. The van der Waals surface area contributed by atoms with Gasteiger partial charge in [0.05, 0.1) is 31.4 Å². The number of benzene rings is 2. The molecule has 1 aliphatic heterocycles. The van der Waals surface area contributed by atoms with Gasteiger partial charge in [-0.15, -0.1) is 0 Å². The molecule has 0 aromatic heterocycles. The summed E-state index contributed by atoms with van der Waals surface area (Å²) in [6.07, 6.45) is 0.580. The van der Waals surface area contributed by atoms with E-state index in [1.165, 1.54) is 43.4 Å². The number of likely N-dealkylation sites (tertiary alicyclic amines) is 1. The highest BCUT2D eigenvalue weighted by Gasteiger charge is 2.46. The van der Waals surface area contributed by atoms with Crippen LogP contribution in [0.4, 0.5) is 4.39 Å². The van der Waals surface area contributed by atoms with Gasteiger partial charge in [0.1, 0.15) is 23.1 Å². The topological polar surface area (TPSA) is 79.3 Å². The molecule has 7 nitrogen and oxygen atoms in total. The highest BCUT2D eigenvalue weighted by molar-refractivity contribution is 6.46. The largest absolute Gasteiger partial charge is 0.507 e. The lowest BCUT2D eigenvalue weighted by atomic mass is 9.94. The molecule has 8 heteroatoms. The molecule has 0 saturated carbocycles. The Labute approximate surface area is 186 Å². The molecule has 0 radical (unpaired) electrons. The summed E-state index contributed by atoms with van der Waals surface area (Å²) in [5, 5.41) is 11.2. The molecule has 1 amide bonds. The van der Waals surface area contributed by atoms with Crippen LogP contribution in [-0.2, 0) is 9.59 Å². The molecule has 170 valence electrons. The lowest BCUT2D eigenvalue weighted by Gasteiger charge is -2.26. The van der Waals surface area contributed by atoms with Crippen molar-refractivity contribution in [1.82, 2.24) is 9.80 Å². The van der Waals surface area contributed by atoms with E-state index in [2.05, 4.69) is 0 Å². The molecule has 1 fully saturated rings. The van der Waals surface area contributed by atoms with Gasteiger partial charge in [-0.1, -0.05) is 18.2 Å². The van der Waals surface area contributed by atoms with E-state index in [-0.39, 0.29) is 29.0 Å². The van der Waals surface area contributed by atoms with Gasteiger partial charge in [-0.25, -0.2) is 4.39 Å². The Bertz CT molecular complexity index is 1050. The zero-order chi connectivity index (χ0) is 23.4. The van der Waals surface area contributed by atoms with Crippen LogP contribution in [0.1, 0.15) is 23.6 Å². The van der Waals surface area contributed by atoms with E-state index in [0.29, 0.717) is 18.7 Å². The fraction of sp³-hybridized carbons (Fsp3) is 0.333. The molecule has 0 bridgehead atoms. The predicted octanol–water partition coefficient (Wildman–Crippen LogP) is 3.22. The van der Waals surface area contributed by atoms with Crippen LogP contribution in [0.2, 0.25) is 0 Å². The number of aliphatic hydroxyl groups is 1. The summed E-state index contributed by atoms with van der Waals surface area (Å²) in [4.78, 5) is 29.2. The number of methoxy groups -OCH3 is 2. The van der Waals surface area contributed by atoms with Crippen molar-refractivity contribution < 1.29 is 28.6 Å². The van der Waals surface area contributed by atoms with Crippen LogP contribution in [0.25, 0.3) is 5.76 Å². The zero-order valence-electron chi connectivity index (χ0n) is 18.6. The first kappa shape index (κ1) is 23.3. The van der Waals surface area contributed by atoms with Crippen LogP contribution in [0.3, 0.4) is 0 Å². The Morgan fingerprint density at radius 2 is 1.84 bits per heavy atom. The average Bonchev–Trinajstić information content (AvgIpc) is 3.03. The quantitative estimate of drug-likeness (QED) is 0.384. The Morgan fingerprint density at radius 1 is 1.12 bits per heavy atom. The highest BCUT2D eigenvalue weighted by atomic mass is 19.1. The van der Waals surface area contributed by atoms with Crippen LogP contribution in [0.5, 0.6) is 11.5 Å². The molecule has 1 heterocycles. The lowest BCUT2D eigenvalue weighted by molar-refractivity contribution is -0.140. The second-order valence-corrected chi connectivity index (χ2v) is 7.74. The van der Waals surface area contributed by atoms with Crippen molar-refractivity contribution in [2.45, 2.75) is 12.5 Å². The Balaban J connectivity index is 2.16. The van der Waals surface area contributed by atoms with Gasteiger partial charge in [-0.3, -0.25) is 9.59 Å². The van der Waals surface area contributed by atoms with Crippen LogP contribution in [-0.4, -0.2) is 68.0 Å². The van der Waals surface area contributed by atoms with E-state index in [1.54, 1.807) is 18.2 Å². The van der Waals surface area contributed by atoms with Gasteiger partial charge in [0, 0.05) is 18.2 Å². The van der Waals surface area contributed by atoms with Gasteiger partial charge in [-0.05, 0) is 45.3 Å². The van der Waals surface area contributed by atoms with E-state index in [4.69, 9.17) is 9.47 Å². The number of carbonyl (C=O) groups excluding carboxylic acids is 2. The number of carbonyl (C=O) groups is 2. The number of aliphatic hydroxyl groups excluding tert-OH is 1. The van der Waals surface area contributed by atoms with Crippen LogP contribution >= 0.6 is 0 Å². The Morgan fingerprint density at radius 3 is 2.47 bits per heavy atom. The number of amides is 1. The van der Waals surface area contributed by atoms with E-state index in [9.17, 15) is 19.1 Å². The minimum absolute atomic E-state index is 0.144. The Hall–Kier alpha value is -3.39. The number of ether oxygens (including phenoxy) is 2. The molecule has 1 unspecified atom stereocenters. The summed E-state index contributed by atoms with van der Waals surface area (Å²) in [6, 6.07) is 9.58. The minimum Gasteiger partial charge on any atom is -0.507 e. The molecule has 1 aliphatic rings. The first-order valence-electron chi connectivity index (χ1n) is 10.2. The molecular formula is C24H27FN2O5. The maximum Gasteiger partial charge on any atom is 0.295 e. The van der Waals surface area contributed by atoms with Crippen LogP contribution < -0.4 is 9.47 Å². The van der Waals surface area contributed by atoms with Gasteiger partial charge in [0.15, 0.2) is 0 Å². The van der Waals surface area contributed by atoms with Crippen molar-refractivity contribution >= 4 is 17.4 Å². The van der Waals surface area contributed by atoms with Gasteiger partial charge in [-0.2, -0.15) is 0 Å². The first-order valence-corrected chi connectivity index (χ1v) is 10.2. The average molecular weight is 442 g/mol. The van der Waals surface area contributed by atoms with Gasteiger partial charge in [0.2, 0.25) is 0 Å². The summed E-state index contributed by atoms with van der Waals surface area (Å²) in [5.74, 6) is -1.87. The van der Waals surface area contributed by atoms with E-state index in [0.717, 1.165) is 0 Å². The van der Waals surface area contributed by atoms with Crippen molar-refractivity contribution in [1.29, 1.82) is 0 Å². The van der Waals surface area contributed by atoms with E-state index in [1.807, 2.05) is 19.0 Å². The molecule has 2 aromatic carbocycles. The highest BCUT2D eigenvalue weighted by Crippen LogP contribution is 2.42. The van der Waals surface area contributed by atoms with Crippen molar-refractivity contribution in [3.8, 4) is 11.5 Å². The zero-order valence-corrected chi connectivity index (χ0v) is 18.6. The molecule has 1 atom stereocenters. The fourth-order valence-corrected chi connectivity index (χ4v) is 3.83. The van der Waals surface area contributed by atoms with E-state index < -0.39 is 29.3 Å². The second kappa shape index (κ2) is 9.82. The maximum atomic E-state index is 14.8. The summed E-state index contributed by atoms with van der Waals surface area (Å²) >= 11 is 0. The van der Waals surface area contributed by atoms with E-state index >= 15 is 0 Å². The molecule has 1 saturated heterocycles. The summed E-state index contributed by atoms with van der Waals surface area (Å²) in [7, 11) is 6.71. The molecule has 1 N–H and O–H groups in total. The standard InChI is InChI=1S/C24H27FN2O5/c1-26(2)12-7-13-27-21(16-8-5-6-9-18(16)25)20(23(29)24(27)30)22(28)17-11-10-15(31-3)14-19(17)32-4/h5-6,8-11,14,21,28H,7,12-13H2,1-4H3/b22-20+. The number of Topliss-reactive ketones (excluding diaryl/α,β-unsaturated/α-hetero) is 1. The molecule has 3 rings (SSSR count). The molecule has 0 aliphatic carbocycles. The number of hydrogen-bond acceptors (Lipinski definition) is 6.